The summed E-state index contributed by atoms with van der Waals surface area (Å²) in [4.78, 5) is 28.8. The first-order valence-corrected chi connectivity index (χ1v) is 6.51. The van der Waals surface area contributed by atoms with Gasteiger partial charge in [0.2, 0.25) is 0 Å². The maximum absolute atomic E-state index is 13.0. The van der Waals surface area contributed by atoms with Crippen molar-refractivity contribution in [3.63, 3.8) is 0 Å². The highest BCUT2D eigenvalue weighted by Gasteiger charge is 2.50. The molecule has 2 aliphatic heterocycles. The first-order chi connectivity index (χ1) is 10.2. The van der Waals surface area contributed by atoms with Crippen molar-refractivity contribution in [1.82, 2.24) is 4.90 Å². The Morgan fingerprint density at radius 2 is 1.95 bits per heavy atom. The minimum atomic E-state index is -5.21. The maximum atomic E-state index is 13.0. The van der Waals surface area contributed by atoms with Gasteiger partial charge in [-0.15, -0.1) is 0 Å². The molecule has 2 aliphatic rings. The molecular formula is C12H14F4N2O4. The Kier molecular flexibility index (Phi) is 4.30. The number of ether oxygens (including phenoxy) is 1. The third-order valence-corrected chi connectivity index (χ3v) is 3.75. The minimum absolute atomic E-state index is 0.0842. The van der Waals surface area contributed by atoms with Crippen LogP contribution in [0.15, 0.2) is 5.16 Å². The highest BCUT2D eigenvalue weighted by Crippen LogP contribution is 2.35. The molecule has 2 heterocycles. The van der Waals surface area contributed by atoms with Gasteiger partial charge >= 0.3 is 12.1 Å². The van der Waals surface area contributed by atoms with Gasteiger partial charge in [0.1, 0.15) is 5.60 Å². The molecule has 1 saturated heterocycles. The number of halogens is 4. The van der Waals surface area contributed by atoms with Gasteiger partial charge < -0.3 is 14.5 Å². The summed E-state index contributed by atoms with van der Waals surface area (Å²) < 4.78 is 54.2. The molecule has 0 aromatic heterocycles. The molecule has 0 radical (unpaired) electrons. The summed E-state index contributed by atoms with van der Waals surface area (Å²) in [5.41, 5.74) is -0.759. The van der Waals surface area contributed by atoms with Crippen LogP contribution < -0.4 is 0 Å². The van der Waals surface area contributed by atoms with E-state index < -0.39 is 29.8 Å². The average Bonchev–Trinajstić information content (AvgIpc) is 2.88. The number of hydrogen-bond acceptors (Lipinski definition) is 5. The summed E-state index contributed by atoms with van der Waals surface area (Å²) in [5.74, 6) is -2.24. The van der Waals surface area contributed by atoms with Gasteiger partial charge in [-0.2, -0.15) is 13.2 Å². The van der Waals surface area contributed by atoms with Crippen LogP contribution in [0.5, 0.6) is 0 Å². The number of oxime groups is 1. The first kappa shape index (κ1) is 16.5. The van der Waals surface area contributed by atoms with Crippen LogP contribution in [-0.4, -0.2) is 60.6 Å². The highest BCUT2D eigenvalue weighted by molar-refractivity contribution is 6.36. The number of carbonyl (C=O) groups is 2. The number of piperidine rings is 1. The monoisotopic (exact) mass is 326 g/mol. The van der Waals surface area contributed by atoms with E-state index in [-0.39, 0.29) is 38.1 Å². The predicted octanol–water partition coefficient (Wildman–Crippen LogP) is 1.20. The van der Waals surface area contributed by atoms with E-state index in [1.165, 1.54) is 7.11 Å². The van der Waals surface area contributed by atoms with E-state index in [4.69, 9.17) is 4.84 Å². The molecule has 1 fully saturated rings. The molecule has 0 aromatic carbocycles. The van der Waals surface area contributed by atoms with Crippen LogP contribution in [-0.2, 0) is 19.2 Å². The molecule has 10 heteroatoms. The fourth-order valence-corrected chi connectivity index (χ4v) is 2.45. The Balaban J connectivity index is 1.92. The minimum Gasteiger partial charge on any atom is -0.464 e. The van der Waals surface area contributed by atoms with E-state index in [9.17, 15) is 27.2 Å². The van der Waals surface area contributed by atoms with E-state index in [0.29, 0.717) is 0 Å². The van der Waals surface area contributed by atoms with Gasteiger partial charge in [-0.3, -0.25) is 4.79 Å². The molecule has 0 N–H and O–H groups in total. The molecule has 0 saturated carbocycles. The fraction of sp³-hybridized carbons (Fsp3) is 0.750. The van der Waals surface area contributed by atoms with Crippen LogP contribution in [0.2, 0.25) is 0 Å². The van der Waals surface area contributed by atoms with Gasteiger partial charge in [-0.05, 0) is 0 Å². The first-order valence-electron chi connectivity index (χ1n) is 6.51. The van der Waals surface area contributed by atoms with E-state index in [1.54, 1.807) is 0 Å². The Hall–Kier alpha value is -1.87. The van der Waals surface area contributed by atoms with Crippen molar-refractivity contribution in [2.75, 3.05) is 20.2 Å². The zero-order chi connectivity index (χ0) is 16.5. The molecule has 0 bridgehead atoms. The Morgan fingerprint density at radius 1 is 1.36 bits per heavy atom. The fourth-order valence-electron chi connectivity index (χ4n) is 2.45. The van der Waals surface area contributed by atoms with Gasteiger partial charge in [-0.25, -0.2) is 9.18 Å². The summed E-state index contributed by atoms with van der Waals surface area (Å²) in [6, 6.07) is 0. The number of alkyl halides is 4. The molecule has 6 nitrogen and oxygen atoms in total. The van der Waals surface area contributed by atoms with E-state index in [0.717, 1.165) is 4.90 Å². The second kappa shape index (κ2) is 5.73. The second-order valence-electron chi connectivity index (χ2n) is 5.21. The SMILES string of the molecule is COC(=O)C1=NOC2(CCN(C(=O)C(F)C(F)(F)F)CC2)C1. The zero-order valence-corrected chi connectivity index (χ0v) is 11.7. The van der Waals surface area contributed by atoms with Gasteiger partial charge in [0.05, 0.1) is 7.11 Å². The van der Waals surface area contributed by atoms with E-state index >= 15 is 0 Å². The molecule has 1 amide bonds. The zero-order valence-electron chi connectivity index (χ0n) is 11.7. The summed E-state index contributed by atoms with van der Waals surface area (Å²) in [5, 5.41) is 3.61. The van der Waals surface area contributed by atoms with E-state index in [2.05, 4.69) is 9.89 Å². The van der Waals surface area contributed by atoms with Crippen LogP contribution in [0.4, 0.5) is 17.6 Å². The van der Waals surface area contributed by atoms with E-state index in [1.807, 2.05) is 0 Å². The van der Waals surface area contributed by atoms with Crippen LogP contribution in [0.1, 0.15) is 19.3 Å². The molecule has 1 unspecified atom stereocenters. The summed E-state index contributed by atoms with van der Waals surface area (Å²) in [6.07, 6.45) is -8.26. The van der Waals surface area contributed by atoms with Crippen LogP contribution in [0.3, 0.4) is 0 Å². The lowest BCUT2D eigenvalue weighted by Crippen LogP contribution is -2.51. The van der Waals surface area contributed by atoms with Crippen molar-refractivity contribution in [2.45, 2.75) is 37.2 Å². The Bertz CT molecular complexity index is 498. The molecule has 0 aromatic rings. The van der Waals surface area contributed by atoms with Crippen LogP contribution >= 0.6 is 0 Å². The van der Waals surface area contributed by atoms with Crippen molar-refractivity contribution in [2.24, 2.45) is 5.16 Å². The predicted molar refractivity (Wildman–Crippen MR) is 64.6 cm³/mol. The van der Waals surface area contributed by atoms with Gasteiger partial charge in [0, 0.05) is 32.4 Å². The summed E-state index contributed by atoms with van der Waals surface area (Å²) in [6.45, 7) is -0.196. The number of rotatable bonds is 2. The van der Waals surface area contributed by atoms with Crippen LogP contribution in [0.25, 0.3) is 0 Å². The molecule has 124 valence electrons. The number of carbonyl (C=O) groups excluding carboxylic acids is 2. The standard InChI is InChI=1S/C12H14F4N2O4/c1-21-10(20)7-6-11(22-17-7)2-4-18(5-3-11)9(19)8(13)12(14,15)16/h8H,2-6H2,1H3. The number of methoxy groups -OCH3 is 1. The Labute approximate surface area is 123 Å². The average molecular weight is 326 g/mol. The van der Waals surface area contributed by atoms with Crippen molar-refractivity contribution < 1.29 is 36.7 Å². The number of hydrogen-bond donors (Lipinski definition) is 0. The molecule has 1 spiro atoms. The summed E-state index contributed by atoms with van der Waals surface area (Å²) >= 11 is 0. The molecule has 0 aliphatic carbocycles. The number of likely N-dealkylation sites (tertiary alicyclic amines) is 1. The van der Waals surface area contributed by atoms with Crippen molar-refractivity contribution in [1.29, 1.82) is 0 Å². The highest BCUT2D eigenvalue weighted by atomic mass is 19.4. The molecular weight excluding hydrogens is 312 g/mol. The quantitative estimate of drug-likeness (QED) is 0.565. The topological polar surface area (TPSA) is 68.2 Å². The number of esters is 1. The lowest BCUT2D eigenvalue weighted by Gasteiger charge is -2.37. The number of amides is 1. The maximum Gasteiger partial charge on any atom is 0.428 e. The van der Waals surface area contributed by atoms with Crippen molar-refractivity contribution >= 4 is 17.6 Å². The normalized spacial score (nSPS) is 22.0. The largest absolute Gasteiger partial charge is 0.464 e. The second-order valence-corrected chi connectivity index (χ2v) is 5.21. The third-order valence-electron chi connectivity index (χ3n) is 3.75. The van der Waals surface area contributed by atoms with Crippen LogP contribution in [0, 0.1) is 0 Å². The summed E-state index contributed by atoms with van der Waals surface area (Å²) in [7, 11) is 1.19. The lowest BCUT2D eigenvalue weighted by atomic mass is 9.86. The molecule has 22 heavy (non-hydrogen) atoms. The molecule has 1 atom stereocenters. The molecule has 2 rings (SSSR count). The number of nitrogens with zero attached hydrogens (tertiary/aromatic N) is 2. The Morgan fingerprint density at radius 3 is 2.45 bits per heavy atom. The lowest BCUT2D eigenvalue weighted by molar-refractivity contribution is -0.195. The third kappa shape index (κ3) is 3.14. The van der Waals surface area contributed by atoms with Gasteiger partial charge in [-0.1, -0.05) is 5.16 Å². The smallest absolute Gasteiger partial charge is 0.428 e. The van der Waals surface area contributed by atoms with Gasteiger partial charge in [0.15, 0.2) is 5.71 Å². The van der Waals surface area contributed by atoms with Crippen molar-refractivity contribution in [3.05, 3.63) is 0 Å². The van der Waals surface area contributed by atoms with Gasteiger partial charge in [0.25, 0.3) is 12.1 Å². The van der Waals surface area contributed by atoms with Crippen molar-refractivity contribution in [3.8, 4) is 0 Å².